The molecule has 5 nitrogen and oxygen atoms in total. The third kappa shape index (κ3) is 3.00. The van der Waals surface area contributed by atoms with Gasteiger partial charge in [-0.2, -0.15) is 5.26 Å². The van der Waals surface area contributed by atoms with Gasteiger partial charge in [-0.15, -0.1) is 0 Å². The lowest BCUT2D eigenvalue weighted by molar-refractivity contribution is -0.115. The Morgan fingerprint density at radius 3 is 2.50 bits per heavy atom. The Hall–Kier alpha value is -3.13. The molecular formula is C15H11N3O2. The molecular weight excluding hydrogens is 254 g/mol. The van der Waals surface area contributed by atoms with Crippen molar-refractivity contribution in [3.63, 3.8) is 0 Å². The SMILES string of the molecule is N#C/C(=C\c1ccc2ccccc2c1)C(=O)NC(N)=O. The zero-order valence-electron chi connectivity index (χ0n) is 10.5. The fraction of sp³-hybridized carbons (Fsp3) is 0. The summed E-state index contributed by atoms with van der Waals surface area (Å²) in [5.74, 6) is -0.812. The molecule has 2 rings (SSSR count). The number of hydrogen-bond acceptors (Lipinski definition) is 3. The quantitative estimate of drug-likeness (QED) is 0.641. The molecule has 0 aliphatic heterocycles. The highest BCUT2D eigenvalue weighted by Crippen LogP contribution is 2.17. The van der Waals surface area contributed by atoms with Crippen LogP contribution < -0.4 is 11.1 Å². The van der Waals surface area contributed by atoms with Crippen molar-refractivity contribution in [2.75, 3.05) is 0 Å². The molecule has 0 aromatic heterocycles. The monoisotopic (exact) mass is 265 g/mol. The maximum Gasteiger partial charge on any atom is 0.319 e. The van der Waals surface area contributed by atoms with Gasteiger partial charge in [0, 0.05) is 0 Å². The van der Waals surface area contributed by atoms with Crippen molar-refractivity contribution in [2.45, 2.75) is 0 Å². The summed E-state index contributed by atoms with van der Waals surface area (Å²) >= 11 is 0. The van der Waals surface area contributed by atoms with Crippen molar-refractivity contribution >= 4 is 28.8 Å². The van der Waals surface area contributed by atoms with Gasteiger partial charge >= 0.3 is 6.03 Å². The second-order valence-electron chi connectivity index (χ2n) is 4.09. The van der Waals surface area contributed by atoms with Crippen LogP contribution in [0.4, 0.5) is 4.79 Å². The molecule has 0 atom stereocenters. The van der Waals surface area contributed by atoms with Crippen molar-refractivity contribution in [3.05, 3.63) is 53.6 Å². The van der Waals surface area contributed by atoms with E-state index in [1.54, 1.807) is 12.1 Å². The van der Waals surface area contributed by atoms with Gasteiger partial charge in [-0.25, -0.2) is 4.79 Å². The fourth-order valence-electron chi connectivity index (χ4n) is 1.79. The lowest BCUT2D eigenvalue weighted by atomic mass is 10.1. The molecule has 0 aliphatic carbocycles. The minimum atomic E-state index is -0.991. The second-order valence-corrected chi connectivity index (χ2v) is 4.09. The first-order valence-electron chi connectivity index (χ1n) is 5.81. The number of amides is 3. The third-order valence-corrected chi connectivity index (χ3v) is 2.69. The summed E-state index contributed by atoms with van der Waals surface area (Å²) in [5.41, 5.74) is 5.36. The molecule has 0 spiro atoms. The Balaban J connectivity index is 2.37. The molecule has 20 heavy (non-hydrogen) atoms. The number of hydrogen-bond donors (Lipinski definition) is 2. The second kappa shape index (κ2) is 5.67. The van der Waals surface area contributed by atoms with Crippen molar-refractivity contribution < 1.29 is 9.59 Å². The summed E-state index contributed by atoms with van der Waals surface area (Å²) in [7, 11) is 0. The van der Waals surface area contributed by atoms with Crippen LogP contribution >= 0.6 is 0 Å². The topological polar surface area (TPSA) is 96.0 Å². The van der Waals surface area contributed by atoms with Gasteiger partial charge in [-0.05, 0) is 28.5 Å². The summed E-state index contributed by atoms with van der Waals surface area (Å²) in [4.78, 5) is 22.2. The number of urea groups is 1. The van der Waals surface area contributed by atoms with Gasteiger partial charge in [0.25, 0.3) is 5.91 Å². The lowest BCUT2D eigenvalue weighted by Crippen LogP contribution is -2.35. The summed E-state index contributed by atoms with van der Waals surface area (Å²) in [6.45, 7) is 0. The van der Waals surface area contributed by atoms with Crippen LogP contribution in [-0.2, 0) is 4.79 Å². The molecule has 3 N–H and O–H groups in total. The van der Waals surface area contributed by atoms with Crippen LogP contribution in [0.15, 0.2) is 48.0 Å². The molecule has 0 bridgehead atoms. The van der Waals surface area contributed by atoms with Gasteiger partial charge in [-0.1, -0.05) is 36.4 Å². The molecule has 98 valence electrons. The van der Waals surface area contributed by atoms with Crippen LogP contribution in [0, 0.1) is 11.3 Å². The molecule has 2 aromatic carbocycles. The first-order chi connectivity index (χ1) is 9.60. The van der Waals surface area contributed by atoms with E-state index in [1.807, 2.05) is 41.7 Å². The molecule has 0 radical (unpaired) electrons. The molecule has 0 unspecified atom stereocenters. The zero-order valence-corrected chi connectivity index (χ0v) is 10.5. The van der Waals surface area contributed by atoms with Crippen LogP contribution in [0.1, 0.15) is 5.56 Å². The van der Waals surface area contributed by atoms with Gasteiger partial charge in [0.2, 0.25) is 0 Å². The highest BCUT2D eigenvalue weighted by Gasteiger charge is 2.10. The minimum Gasteiger partial charge on any atom is -0.351 e. The maximum atomic E-state index is 11.5. The van der Waals surface area contributed by atoms with E-state index in [0.717, 1.165) is 10.8 Å². The molecule has 0 heterocycles. The highest BCUT2D eigenvalue weighted by molar-refractivity contribution is 6.08. The summed E-state index contributed by atoms with van der Waals surface area (Å²) < 4.78 is 0. The molecule has 2 aromatic rings. The molecule has 0 saturated heterocycles. The number of fused-ring (bicyclic) bond motifs is 1. The van der Waals surface area contributed by atoms with E-state index in [4.69, 9.17) is 11.0 Å². The molecule has 5 heteroatoms. The molecule has 0 aliphatic rings. The van der Waals surface area contributed by atoms with Crippen molar-refractivity contribution in [1.29, 1.82) is 5.26 Å². The van der Waals surface area contributed by atoms with Gasteiger partial charge < -0.3 is 5.73 Å². The Bertz CT molecular complexity index is 757. The van der Waals surface area contributed by atoms with E-state index in [2.05, 4.69) is 0 Å². The third-order valence-electron chi connectivity index (χ3n) is 2.69. The Labute approximate surface area is 115 Å². The number of nitrogens with zero attached hydrogens (tertiary/aromatic N) is 1. The Morgan fingerprint density at radius 1 is 1.15 bits per heavy atom. The van der Waals surface area contributed by atoms with Gasteiger partial charge in [-0.3, -0.25) is 10.1 Å². The van der Waals surface area contributed by atoms with Crippen LogP contribution in [0.3, 0.4) is 0 Å². The van der Waals surface area contributed by atoms with E-state index in [0.29, 0.717) is 5.56 Å². The fourth-order valence-corrected chi connectivity index (χ4v) is 1.79. The van der Waals surface area contributed by atoms with E-state index in [1.165, 1.54) is 6.08 Å². The number of carbonyl (C=O) groups excluding carboxylic acids is 2. The van der Waals surface area contributed by atoms with Gasteiger partial charge in [0.1, 0.15) is 11.6 Å². The van der Waals surface area contributed by atoms with Crippen LogP contribution in [0.5, 0.6) is 0 Å². The number of nitriles is 1. The average Bonchev–Trinajstić information content (AvgIpc) is 2.43. The first kappa shape index (κ1) is 13.3. The number of nitrogens with two attached hydrogens (primary N) is 1. The van der Waals surface area contributed by atoms with Crippen LogP contribution in [0.2, 0.25) is 0 Å². The van der Waals surface area contributed by atoms with E-state index < -0.39 is 11.9 Å². The first-order valence-corrected chi connectivity index (χ1v) is 5.81. The molecule has 0 fully saturated rings. The largest absolute Gasteiger partial charge is 0.351 e. The minimum absolute atomic E-state index is 0.181. The number of carbonyl (C=O) groups is 2. The Morgan fingerprint density at radius 2 is 1.85 bits per heavy atom. The van der Waals surface area contributed by atoms with Crippen LogP contribution in [-0.4, -0.2) is 11.9 Å². The van der Waals surface area contributed by atoms with E-state index >= 15 is 0 Å². The number of rotatable bonds is 2. The number of nitrogens with one attached hydrogen (secondary N) is 1. The Kier molecular flexibility index (Phi) is 3.77. The summed E-state index contributed by atoms with van der Waals surface area (Å²) in [5, 5.41) is 12.9. The highest BCUT2D eigenvalue weighted by atomic mass is 16.2. The normalized spacial score (nSPS) is 10.8. The van der Waals surface area contributed by atoms with Crippen molar-refractivity contribution in [1.82, 2.24) is 5.32 Å². The van der Waals surface area contributed by atoms with E-state index in [9.17, 15) is 9.59 Å². The number of primary amides is 1. The summed E-state index contributed by atoms with van der Waals surface area (Å²) in [6, 6.07) is 14.0. The van der Waals surface area contributed by atoms with Crippen molar-refractivity contribution in [2.24, 2.45) is 5.73 Å². The number of benzene rings is 2. The molecule has 3 amide bonds. The standard InChI is InChI=1S/C15H11N3O2/c16-9-13(14(19)18-15(17)20)8-10-5-6-11-3-1-2-4-12(11)7-10/h1-8H,(H3,17,18,19,20)/b13-8+. The zero-order chi connectivity index (χ0) is 14.5. The average molecular weight is 265 g/mol. The number of imide groups is 1. The van der Waals surface area contributed by atoms with Crippen molar-refractivity contribution in [3.8, 4) is 6.07 Å². The van der Waals surface area contributed by atoms with Gasteiger partial charge in [0.15, 0.2) is 0 Å². The smallest absolute Gasteiger partial charge is 0.319 e. The van der Waals surface area contributed by atoms with E-state index in [-0.39, 0.29) is 5.57 Å². The molecule has 0 saturated carbocycles. The predicted molar refractivity (Wildman–Crippen MR) is 75.3 cm³/mol. The predicted octanol–water partition coefficient (Wildman–Crippen LogP) is 1.94. The summed E-state index contributed by atoms with van der Waals surface area (Å²) in [6.07, 6.45) is 1.41. The lowest BCUT2D eigenvalue weighted by Gasteiger charge is -2.01. The van der Waals surface area contributed by atoms with Gasteiger partial charge in [0.05, 0.1) is 0 Å². The van der Waals surface area contributed by atoms with Crippen LogP contribution in [0.25, 0.3) is 16.8 Å². The maximum absolute atomic E-state index is 11.5.